The molecule has 0 bridgehead atoms. The maximum Gasteiger partial charge on any atom is 0.326 e. The molecule has 2 N–H and O–H groups in total. The minimum atomic E-state index is -0.435. The van der Waals surface area contributed by atoms with E-state index in [0.717, 1.165) is 37.2 Å². The van der Waals surface area contributed by atoms with E-state index in [2.05, 4.69) is 5.32 Å². The van der Waals surface area contributed by atoms with Crippen molar-refractivity contribution in [1.82, 2.24) is 5.32 Å². The Morgan fingerprint density at radius 2 is 2.21 bits per heavy atom. The Bertz CT molecular complexity index is 309. The molecule has 2 rings (SSSR count). The van der Waals surface area contributed by atoms with E-state index in [4.69, 9.17) is 9.84 Å². The van der Waals surface area contributed by atoms with Crippen molar-refractivity contribution in [2.75, 3.05) is 25.2 Å². The van der Waals surface area contributed by atoms with Crippen LogP contribution in [-0.4, -0.2) is 47.9 Å². The van der Waals surface area contributed by atoms with E-state index in [0.29, 0.717) is 12.0 Å². The van der Waals surface area contributed by atoms with Gasteiger partial charge in [-0.05, 0) is 43.8 Å². The third-order valence-electron chi connectivity index (χ3n) is 4.26. The average molecular weight is 287 g/mol. The maximum absolute atomic E-state index is 12.3. The third kappa shape index (κ3) is 3.64. The topological polar surface area (TPSA) is 58.6 Å². The largest absolute Gasteiger partial charge is 0.468 e. The van der Waals surface area contributed by atoms with E-state index in [9.17, 15) is 4.79 Å². The van der Waals surface area contributed by atoms with Gasteiger partial charge in [0.1, 0.15) is 5.54 Å². The van der Waals surface area contributed by atoms with E-state index in [1.807, 2.05) is 0 Å². The number of ether oxygens (including phenoxy) is 1. The lowest BCUT2D eigenvalue weighted by molar-refractivity contribution is -0.150. The molecular formula is C14H25NO3S. The van der Waals surface area contributed by atoms with Gasteiger partial charge >= 0.3 is 5.97 Å². The molecule has 0 aromatic rings. The molecule has 2 unspecified atom stereocenters. The number of rotatable bonds is 8. The number of esters is 1. The number of methoxy groups -OCH3 is 1. The molecule has 2 aliphatic rings. The molecule has 110 valence electrons. The molecule has 0 spiro atoms. The molecule has 4 nitrogen and oxygen atoms in total. The fourth-order valence-corrected chi connectivity index (χ4v) is 3.94. The second kappa shape index (κ2) is 6.95. The number of thioether (sulfide) groups is 1. The van der Waals surface area contributed by atoms with Gasteiger partial charge < -0.3 is 9.84 Å². The van der Waals surface area contributed by atoms with Crippen molar-refractivity contribution in [2.24, 2.45) is 5.92 Å². The summed E-state index contributed by atoms with van der Waals surface area (Å²) >= 11 is 1.76. The van der Waals surface area contributed by atoms with Crippen LogP contribution in [0.5, 0.6) is 0 Å². The van der Waals surface area contributed by atoms with Crippen LogP contribution < -0.4 is 5.32 Å². The first-order valence-corrected chi connectivity index (χ1v) is 8.43. The fraction of sp³-hybridized carbons (Fsp3) is 0.929. The van der Waals surface area contributed by atoms with Gasteiger partial charge in [0.25, 0.3) is 0 Å². The average Bonchev–Trinajstić information content (AvgIpc) is 3.14. The summed E-state index contributed by atoms with van der Waals surface area (Å²) in [4.78, 5) is 12.3. The molecule has 2 fully saturated rings. The molecule has 5 heteroatoms. The standard InChI is InChI=1S/C14H25NO3S/c1-18-13(17)14(15-12-4-5-12)7-2-3-11(14)6-9-19-10-8-16/h11-12,15-16H,2-10H2,1H3. The quantitative estimate of drug-likeness (QED) is 0.524. The number of nitrogens with one attached hydrogen (secondary N) is 1. The van der Waals surface area contributed by atoms with Crippen LogP contribution >= 0.6 is 11.8 Å². The van der Waals surface area contributed by atoms with Crippen LogP contribution in [0.15, 0.2) is 0 Å². The highest BCUT2D eigenvalue weighted by molar-refractivity contribution is 7.99. The molecule has 0 aliphatic heterocycles. The smallest absolute Gasteiger partial charge is 0.326 e. The summed E-state index contributed by atoms with van der Waals surface area (Å²) in [6.07, 6.45) is 6.51. The zero-order valence-corrected chi connectivity index (χ0v) is 12.5. The van der Waals surface area contributed by atoms with Crippen LogP contribution in [0, 0.1) is 5.92 Å². The molecule has 2 atom stereocenters. The van der Waals surface area contributed by atoms with Gasteiger partial charge in [0, 0.05) is 11.8 Å². The van der Waals surface area contributed by atoms with Gasteiger partial charge in [-0.25, -0.2) is 0 Å². The first-order valence-electron chi connectivity index (χ1n) is 7.27. The van der Waals surface area contributed by atoms with Crippen molar-refractivity contribution in [3.8, 4) is 0 Å². The van der Waals surface area contributed by atoms with Crippen molar-refractivity contribution in [3.05, 3.63) is 0 Å². The lowest BCUT2D eigenvalue weighted by Crippen LogP contribution is -2.56. The fourth-order valence-electron chi connectivity index (χ4n) is 3.15. The summed E-state index contributed by atoms with van der Waals surface area (Å²) < 4.78 is 5.08. The van der Waals surface area contributed by atoms with Gasteiger partial charge in [-0.3, -0.25) is 10.1 Å². The number of hydrogen-bond acceptors (Lipinski definition) is 5. The lowest BCUT2D eigenvalue weighted by atomic mass is 9.84. The van der Waals surface area contributed by atoms with Crippen LogP contribution in [0.2, 0.25) is 0 Å². The third-order valence-corrected chi connectivity index (χ3v) is 5.25. The Kier molecular flexibility index (Phi) is 5.54. The molecule has 2 saturated carbocycles. The minimum absolute atomic E-state index is 0.0749. The predicted octanol–water partition coefficient (Wildman–Crippen LogP) is 1.57. The van der Waals surface area contributed by atoms with Gasteiger partial charge in [0.15, 0.2) is 0 Å². The Hall–Kier alpha value is -0.260. The zero-order valence-electron chi connectivity index (χ0n) is 11.7. The normalized spacial score (nSPS) is 30.5. The first-order chi connectivity index (χ1) is 9.23. The summed E-state index contributed by atoms with van der Waals surface area (Å²) in [5.74, 6) is 2.10. The predicted molar refractivity (Wildman–Crippen MR) is 77.3 cm³/mol. The summed E-state index contributed by atoms with van der Waals surface area (Å²) in [6.45, 7) is 0.234. The SMILES string of the molecule is COC(=O)C1(NC2CC2)CCCC1CCSCCO. The van der Waals surface area contributed by atoms with Crippen LogP contribution in [0.4, 0.5) is 0 Å². The number of aliphatic hydroxyl groups is 1. The number of carbonyl (C=O) groups excluding carboxylic acids is 1. The van der Waals surface area contributed by atoms with Crippen molar-refractivity contribution < 1.29 is 14.6 Å². The zero-order chi connectivity index (χ0) is 13.7. The summed E-state index contributed by atoms with van der Waals surface area (Å²) in [6, 6.07) is 0.518. The van der Waals surface area contributed by atoms with Crippen molar-refractivity contribution in [1.29, 1.82) is 0 Å². The van der Waals surface area contributed by atoms with Crippen LogP contribution in [0.3, 0.4) is 0 Å². The number of aliphatic hydroxyl groups excluding tert-OH is 1. The van der Waals surface area contributed by atoms with Crippen LogP contribution in [-0.2, 0) is 9.53 Å². The first kappa shape index (κ1) is 15.1. The molecule has 0 saturated heterocycles. The highest BCUT2D eigenvalue weighted by Gasteiger charge is 2.51. The molecule has 0 amide bonds. The Balaban J connectivity index is 1.95. The summed E-state index contributed by atoms with van der Waals surface area (Å²) in [5, 5.41) is 12.4. The summed E-state index contributed by atoms with van der Waals surface area (Å²) in [5.41, 5.74) is -0.435. The highest BCUT2D eigenvalue weighted by atomic mass is 32.2. The molecule has 2 aliphatic carbocycles. The molecular weight excluding hydrogens is 262 g/mol. The lowest BCUT2D eigenvalue weighted by Gasteiger charge is -2.34. The van der Waals surface area contributed by atoms with E-state index >= 15 is 0 Å². The maximum atomic E-state index is 12.3. The van der Waals surface area contributed by atoms with Crippen molar-refractivity contribution in [2.45, 2.75) is 50.1 Å². The van der Waals surface area contributed by atoms with Crippen LogP contribution in [0.25, 0.3) is 0 Å². The van der Waals surface area contributed by atoms with Gasteiger partial charge in [-0.2, -0.15) is 11.8 Å². The van der Waals surface area contributed by atoms with Crippen molar-refractivity contribution >= 4 is 17.7 Å². The van der Waals surface area contributed by atoms with Gasteiger partial charge in [-0.1, -0.05) is 6.42 Å². The number of carbonyl (C=O) groups is 1. The summed E-state index contributed by atoms with van der Waals surface area (Å²) in [7, 11) is 1.49. The molecule has 0 heterocycles. The highest BCUT2D eigenvalue weighted by Crippen LogP contribution is 2.41. The van der Waals surface area contributed by atoms with E-state index in [1.54, 1.807) is 11.8 Å². The molecule has 19 heavy (non-hydrogen) atoms. The Morgan fingerprint density at radius 3 is 2.84 bits per heavy atom. The van der Waals surface area contributed by atoms with Gasteiger partial charge in [0.2, 0.25) is 0 Å². The van der Waals surface area contributed by atoms with Gasteiger partial charge in [0.05, 0.1) is 13.7 Å². The minimum Gasteiger partial charge on any atom is -0.468 e. The molecule has 0 aromatic heterocycles. The second-order valence-electron chi connectivity index (χ2n) is 5.60. The number of hydrogen-bond donors (Lipinski definition) is 2. The Labute approximate surface area is 119 Å². The van der Waals surface area contributed by atoms with Gasteiger partial charge in [-0.15, -0.1) is 0 Å². The monoisotopic (exact) mass is 287 g/mol. The second-order valence-corrected chi connectivity index (χ2v) is 6.82. The van der Waals surface area contributed by atoms with Crippen LogP contribution in [0.1, 0.15) is 38.5 Å². The van der Waals surface area contributed by atoms with E-state index in [-0.39, 0.29) is 12.6 Å². The molecule has 0 radical (unpaired) electrons. The van der Waals surface area contributed by atoms with Crippen molar-refractivity contribution in [3.63, 3.8) is 0 Å². The Morgan fingerprint density at radius 1 is 1.42 bits per heavy atom. The molecule has 0 aromatic carbocycles. The van der Waals surface area contributed by atoms with E-state index < -0.39 is 5.54 Å². The van der Waals surface area contributed by atoms with E-state index in [1.165, 1.54) is 20.0 Å².